The molecule has 104 valence electrons. The van der Waals surface area contributed by atoms with Gasteiger partial charge in [0.1, 0.15) is 6.10 Å². The van der Waals surface area contributed by atoms with Crippen molar-refractivity contribution in [3.63, 3.8) is 0 Å². The zero-order valence-electron chi connectivity index (χ0n) is 11.2. The lowest BCUT2D eigenvalue weighted by molar-refractivity contribution is -0.152. The molecule has 0 fully saturated rings. The summed E-state index contributed by atoms with van der Waals surface area (Å²) in [5, 5.41) is 0.517. The SMILES string of the molecule is CC(=O)OC[C@H](C)[C@@H](OC(C)=O)c1ccccc1Cl. The van der Waals surface area contributed by atoms with Gasteiger partial charge in [-0.15, -0.1) is 0 Å². The van der Waals surface area contributed by atoms with Crippen molar-refractivity contribution in [3.8, 4) is 0 Å². The molecule has 0 N–H and O–H groups in total. The van der Waals surface area contributed by atoms with Gasteiger partial charge in [0.2, 0.25) is 0 Å². The van der Waals surface area contributed by atoms with Gasteiger partial charge in [0.15, 0.2) is 0 Å². The molecule has 1 aromatic carbocycles. The minimum Gasteiger partial charge on any atom is -0.465 e. The first-order chi connectivity index (χ1) is 8.91. The molecule has 0 saturated heterocycles. The smallest absolute Gasteiger partial charge is 0.303 e. The number of hydrogen-bond acceptors (Lipinski definition) is 4. The van der Waals surface area contributed by atoms with Gasteiger partial charge in [0.05, 0.1) is 6.61 Å². The quantitative estimate of drug-likeness (QED) is 0.780. The summed E-state index contributed by atoms with van der Waals surface area (Å²) in [4.78, 5) is 22.0. The lowest BCUT2D eigenvalue weighted by Crippen LogP contribution is -2.21. The summed E-state index contributed by atoms with van der Waals surface area (Å²) in [6, 6.07) is 7.13. The maximum Gasteiger partial charge on any atom is 0.303 e. The molecule has 5 heteroatoms. The maximum atomic E-state index is 11.2. The fourth-order valence-electron chi connectivity index (χ4n) is 1.71. The minimum atomic E-state index is -0.537. The standard InChI is InChI=1S/C14H17ClO4/c1-9(8-18-10(2)16)14(19-11(3)17)12-6-4-5-7-13(12)15/h4-7,9,14H,8H2,1-3H3/t9-,14+/m0/s1. The van der Waals surface area contributed by atoms with E-state index < -0.39 is 12.1 Å². The first-order valence-corrected chi connectivity index (χ1v) is 6.34. The van der Waals surface area contributed by atoms with Crippen LogP contribution in [0, 0.1) is 5.92 Å². The van der Waals surface area contributed by atoms with Crippen molar-refractivity contribution in [1.29, 1.82) is 0 Å². The van der Waals surface area contributed by atoms with Crippen LogP contribution in [0.1, 0.15) is 32.4 Å². The van der Waals surface area contributed by atoms with E-state index in [1.807, 2.05) is 13.0 Å². The number of hydrogen-bond donors (Lipinski definition) is 0. The van der Waals surface area contributed by atoms with Crippen LogP contribution in [0.5, 0.6) is 0 Å². The van der Waals surface area contributed by atoms with Crippen molar-refractivity contribution in [2.75, 3.05) is 6.61 Å². The van der Waals surface area contributed by atoms with Crippen LogP contribution in [-0.2, 0) is 19.1 Å². The highest BCUT2D eigenvalue weighted by molar-refractivity contribution is 6.31. The molecule has 4 nitrogen and oxygen atoms in total. The third-order valence-electron chi connectivity index (χ3n) is 2.57. The van der Waals surface area contributed by atoms with Gasteiger partial charge in [0, 0.05) is 30.4 Å². The van der Waals surface area contributed by atoms with Crippen LogP contribution in [-0.4, -0.2) is 18.5 Å². The van der Waals surface area contributed by atoms with Crippen LogP contribution in [0.3, 0.4) is 0 Å². The first kappa shape index (κ1) is 15.5. The molecular weight excluding hydrogens is 268 g/mol. The van der Waals surface area contributed by atoms with Gasteiger partial charge in [-0.25, -0.2) is 0 Å². The molecular formula is C14H17ClO4. The molecule has 0 bridgehead atoms. The number of rotatable bonds is 5. The zero-order chi connectivity index (χ0) is 14.4. The van der Waals surface area contributed by atoms with E-state index in [9.17, 15) is 9.59 Å². The maximum absolute atomic E-state index is 11.2. The molecule has 19 heavy (non-hydrogen) atoms. The summed E-state index contributed by atoms with van der Waals surface area (Å²) in [5.41, 5.74) is 0.707. The molecule has 1 aromatic rings. The fourth-order valence-corrected chi connectivity index (χ4v) is 1.95. The van der Waals surface area contributed by atoms with E-state index in [0.717, 1.165) is 0 Å². The van der Waals surface area contributed by atoms with Gasteiger partial charge in [-0.2, -0.15) is 0 Å². The highest BCUT2D eigenvalue weighted by Crippen LogP contribution is 2.31. The second-order valence-corrected chi connectivity index (χ2v) is 4.74. The number of halogens is 1. The highest BCUT2D eigenvalue weighted by atomic mass is 35.5. The number of esters is 2. The van der Waals surface area contributed by atoms with Crippen LogP contribution in [0.4, 0.5) is 0 Å². The van der Waals surface area contributed by atoms with Crippen LogP contribution < -0.4 is 0 Å². The molecule has 2 atom stereocenters. The molecule has 0 amide bonds. The Morgan fingerprint density at radius 2 is 1.84 bits per heavy atom. The zero-order valence-corrected chi connectivity index (χ0v) is 11.9. The Kier molecular flexibility index (Phi) is 5.83. The topological polar surface area (TPSA) is 52.6 Å². The van der Waals surface area contributed by atoms with E-state index in [2.05, 4.69) is 0 Å². The average molecular weight is 285 g/mol. The van der Waals surface area contributed by atoms with Crippen molar-refractivity contribution >= 4 is 23.5 Å². The summed E-state index contributed by atoms with van der Waals surface area (Å²) in [5.74, 6) is -0.958. The van der Waals surface area contributed by atoms with Crippen molar-refractivity contribution < 1.29 is 19.1 Å². The minimum absolute atomic E-state index is 0.165. The van der Waals surface area contributed by atoms with Crippen molar-refractivity contribution in [2.24, 2.45) is 5.92 Å². The molecule has 0 unspecified atom stereocenters. The number of carbonyl (C=O) groups is 2. The lowest BCUT2D eigenvalue weighted by atomic mass is 9.98. The molecule has 0 heterocycles. The summed E-state index contributed by atoms with van der Waals surface area (Å²) < 4.78 is 10.3. The molecule has 0 aliphatic rings. The number of benzene rings is 1. The lowest BCUT2D eigenvalue weighted by Gasteiger charge is -2.24. The molecule has 0 aliphatic heterocycles. The predicted octanol–water partition coefficient (Wildman–Crippen LogP) is 3.14. The van der Waals surface area contributed by atoms with E-state index in [4.69, 9.17) is 21.1 Å². The van der Waals surface area contributed by atoms with Gasteiger partial charge >= 0.3 is 11.9 Å². The molecule has 0 saturated carbocycles. The molecule has 0 aliphatic carbocycles. The first-order valence-electron chi connectivity index (χ1n) is 5.96. The Hall–Kier alpha value is -1.55. The summed E-state index contributed by atoms with van der Waals surface area (Å²) in [6.45, 7) is 4.67. The Morgan fingerprint density at radius 1 is 1.21 bits per heavy atom. The largest absolute Gasteiger partial charge is 0.465 e. The highest BCUT2D eigenvalue weighted by Gasteiger charge is 2.25. The Labute approximate surface area is 117 Å². The summed E-state index contributed by atoms with van der Waals surface area (Å²) >= 11 is 6.11. The number of ether oxygens (including phenoxy) is 2. The van der Waals surface area contributed by atoms with Crippen molar-refractivity contribution in [1.82, 2.24) is 0 Å². The van der Waals surface area contributed by atoms with Crippen LogP contribution in [0.25, 0.3) is 0 Å². The molecule has 0 spiro atoms. The van der Waals surface area contributed by atoms with Crippen LogP contribution in [0.15, 0.2) is 24.3 Å². The summed E-state index contributed by atoms with van der Waals surface area (Å²) in [7, 11) is 0. The number of carbonyl (C=O) groups excluding carboxylic acids is 2. The molecule has 1 rings (SSSR count). The van der Waals surface area contributed by atoms with Crippen molar-refractivity contribution in [2.45, 2.75) is 26.9 Å². The van der Waals surface area contributed by atoms with E-state index in [1.165, 1.54) is 13.8 Å². The monoisotopic (exact) mass is 284 g/mol. The Balaban J connectivity index is 2.91. The van der Waals surface area contributed by atoms with Gasteiger partial charge < -0.3 is 9.47 Å². The van der Waals surface area contributed by atoms with Crippen molar-refractivity contribution in [3.05, 3.63) is 34.9 Å². The molecule has 0 radical (unpaired) electrons. The Morgan fingerprint density at radius 3 is 2.37 bits per heavy atom. The normalized spacial score (nSPS) is 13.5. The fraction of sp³-hybridized carbons (Fsp3) is 0.429. The van der Waals surface area contributed by atoms with E-state index >= 15 is 0 Å². The van der Waals surface area contributed by atoms with E-state index in [1.54, 1.807) is 18.2 Å². The second-order valence-electron chi connectivity index (χ2n) is 4.33. The van der Waals surface area contributed by atoms with Gasteiger partial charge in [0.25, 0.3) is 0 Å². The Bertz CT molecular complexity index is 459. The predicted molar refractivity (Wildman–Crippen MR) is 71.8 cm³/mol. The third kappa shape index (κ3) is 4.91. The summed E-state index contributed by atoms with van der Waals surface area (Å²) in [6.07, 6.45) is -0.537. The van der Waals surface area contributed by atoms with Gasteiger partial charge in [-0.3, -0.25) is 9.59 Å². The van der Waals surface area contributed by atoms with E-state index in [-0.39, 0.29) is 18.5 Å². The van der Waals surface area contributed by atoms with Gasteiger partial charge in [-0.05, 0) is 6.07 Å². The third-order valence-corrected chi connectivity index (χ3v) is 2.92. The van der Waals surface area contributed by atoms with Crippen LogP contribution >= 0.6 is 11.6 Å². The average Bonchev–Trinajstić information content (AvgIpc) is 2.33. The van der Waals surface area contributed by atoms with Crippen LogP contribution in [0.2, 0.25) is 5.02 Å². The van der Waals surface area contributed by atoms with Gasteiger partial charge in [-0.1, -0.05) is 36.7 Å². The second kappa shape index (κ2) is 7.14. The molecule has 0 aromatic heterocycles. The van der Waals surface area contributed by atoms with E-state index in [0.29, 0.717) is 10.6 Å².